The maximum absolute atomic E-state index is 12.7. The standard InChI is InChI=1S/C18H25N3O5S/c1-26-15-4-6-16(7-5-15)27(24,25)21-12-10-20(11-13-21)18(23)9-3-14-2-8-17(22)19-14/h4-7,14H,2-3,8-13H2,1H3,(H,19,22)/t14-/m0/s1. The van der Waals surface area contributed by atoms with Crippen LogP contribution in [0.4, 0.5) is 0 Å². The molecule has 2 heterocycles. The number of nitrogens with zero attached hydrogens (tertiary/aromatic N) is 2. The molecule has 1 N–H and O–H groups in total. The molecule has 0 radical (unpaired) electrons. The molecule has 0 aliphatic carbocycles. The zero-order valence-corrected chi connectivity index (χ0v) is 16.2. The summed E-state index contributed by atoms with van der Waals surface area (Å²) in [5.74, 6) is 0.658. The highest BCUT2D eigenvalue weighted by atomic mass is 32.2. The lowest BCUT2D eigenvalue weighted by atomic mass is 10.1. The Morgan fingerprint density at radius 2 is 1.85 bits per heavy atom. The molecule has 2 aliphatic heterocycles. The molecule has 0 saturated carbocycles. The second-order valence-corrected chi connectivity index (χ2v) is 8.74. The Hall–Kier alpha value is -2.13. The molecule has 1 atom stereocenters. The smallest absolute Gasteiger partial charge is 0.243 e. The van der Waals surface area contributed by atoms with Crippen LogP contribution in [0.15, 0.2) is 29.2 Å². The molecule has 0 bridgehead atoms. The topological polar surface area (TPSA) is 96.0 Å². The van der Waals surface area contributed by atoms with Crippen molar-refractivity contribution < 1.29 is 22.7 Å². The largest absolute Gasteiger partial charge is 0.497 e. The Kier molecular flexibility index (Phi) is 6.01. The predicted octanol–water partition coefficient (Wildman–Crippen LogP) is 0.587. The summed E-state index contributed by atoms with van der Waals surface area (Å²) in [5, 5.41) is 2.86. The summed E-state index contributed by atoms with van der Waals surface area (Å²) in [7, 11) is -2.05. The number of carbonyl (C=O) groups excluding carboxylic acids is 2. The van der Waals surface area contributed by atoms with Crippen molar-refractivity contribution in [1.82, 2.24) is 14.5 Å². The number of amides is 2. The van der Waals surface area contributed by atoms with E-state index in [0.717, 1.165) is 6.42 Å². The van der Waals surface area contributed by atoms with E-state index in [1.807, 2.05) is 0 Å². The first-order chi connectivity index (χ1) is 12.9. The molecule has 0 aromatic heterocycles. The number of sulfonamides is 1. The third-order valence-corrected chi connectivity index (χ3v) is 6.99. The normalized spacial score (nSPS) is 21.1. The van der Waals surface area contributed by atoms with Gasteiger partial charge in [-0.1, -0.05) is 0 Å². The van der Waals surface area contributed by atoms with E-state index >= 15 is 0 Å². The van der Waals surface area contributed by atoms with Crippen LogP contribution in [0.2, 0.25) is 0 Å². The van der Waals surface area contributed by atoms with Crippen LogP contribution in [-0.4, -0.2) is 68.8 Å². The lowest BCUT2D eigenvalue weighted by molar-refractivity contribution is -0.132. The first kappa shape index (κ1) is 19.6. The van der Waals surface area contributed by atoms with Gasteiger partial charge in [-0.05, 0) is 37.1 Å². The molecule has 1 aromatic carbocycles. The molecular weight excluding hydrogens is 370 g/mol. The molecule has 27 heavy (non-hydrogen) atoms. The summed E-state index contributed by atoms with van der Waals surface area (Å²) in [6.45, 7) is 1.32. The SMILES string of the molecule is COc1ccc(S(=O)(=O)N2CCN(C(=O)CC[C@@H]3CCC(=O)N3)CC2)cc1. The first-order valence-corrected chi connectivity index (χ1v) is 10.6. The molecule has 148 valence electrons. The maximum atomic E-state index is 12.7. The van der Waals surface area contributed by atoms with Gasteiger partial charge in [-0.15, -0.1) is 0 Å². The lowest BCUT2D eigenvalue weighted by Gasteiger charge is -2.34. The van der Waals surface area contributed by atoms with Gasteiger partial charge < -0.3 is 15.0 Å². The minimum Gasteiger partial charge on any atom is -0.497 e. The van der Waals surface area contributed by atoms with Gasteiger partial charge in [-0.2, -0.15) is 4.31 Å². The van der Waals surface area contributed by atoms with E-state index in [1.165, 1.54) is 23.5 Å². The number of piperazine rings is 1. The molecule has 3 rings (SSSR count). The molecule has 0 unspecified atom stereocenters. The third-order valence-electron chi connectivity index (χ3n) is 5.08. The van der Waals surface area contributed by atoms with Crippen molar-refractivity contribution in [2.24, 2.45) is 0 Å². The van der Waals surface area contributed by atoms with Gasteiger partial charge in [0.25, 0.3) is 0 Å². The molecule has 1 aromatic rings. The van der Waals surface area contributed by atoms with Gasteiger partial charge in [0.15, 0.2) is 0 Å². The van der Waals surface area contributed by atoms with Crippen LogP contribution >= 0.6 is 0 Å². The fraction of sp³-hybridized carbons (Fsp3) is 0.556. The average Bonchev–Trinajstić information content (AvgIpc) is 3.11. The van der Waals surface area contributed by atoms with E-state index in [9.17, 15) is 18.0 Å². The molecule has 2 aliphatic rings. The second-order valence-electron chi connectivity index (χ2n) is 6.80. The quantitative estimate of drug-likeness (QED) is 0.760. The highest BCUT2D eigenvalue weighted by Crippen LogP contribution is 2.21. The maximum Gasteiger partial charge on any atom is 0.243 e. The van der Waals surface area contributed by atoms with Gasteiger partial charge in [0.2, 0.25) is 21.8 Å². The number of ether oxygens (including phenoxy) is 1. The van der Waals surface area contributed by atoms with E-state index in [2.05, 4.69) is 5.32 Å². The predicted molar refractivity (Wildman–Crippen MR) is 98.7 cm³/mol. The van der Waals surface area contributed by atoms with Crippen LogP contribution in [0, 0.1) is 0 Å². The fourth-order valence-corrected chi connectivity index (χ4v) is 4.85. The van der Waals surface area contributed by atoms with E-state index in [1.54, 1.807) is 17.0 Å². The van der Waals surface area contributed by atoms with Crippen molar-refractivity contribution in [2.75, 3.05) is 33.3 Å². The zero-order chi connectivity index (χ0) is 19.4. The summed E-state index contributed by atoms with van der Waals surface area (Å²) < 4.78 is 31.9. The minimum atomic E-state index is -3.58. The number of benzene rings is 1. The molecule has 0 spiro atoms. The molecule has 8 nitrogen and oxygen atoms in total. The van der Waals surface area contributed by atoms with Gasteiger partial charge in [-0.25, -0.2) is 8.42 Å². The van der Waals surface area contributed by atoms with Gasteiger partial charge in [0.05, 0.1) is 12.0 Å². The second kappa shape index (κ2) is 8.26. The van der Waals surface area contributed by atoms with Crippen molar-refractivity contribution in [3.05, 3.63) is 24.3 Å². The van der Waals surface area contributed by atoms with Crippen molar-refractivity contribution in [3.63, 3.8) is 0 Å². The van der Waals surface area contributed by atoms with Crippen LogP contribution in [0.3, 0.4) is 0 Å². The number of carbonyl (C=O) groups is 2. The fourth-order valence-electron chi connectivity index (χ4n) is 3.42. The van der Waals surface area contributed by atoms with Crippen molar-refractivity contribution in [1.29, 1.82) is 0 Å². The molecular formula is C18H25N3O5S. The Morgan fingerprint density at radius 3 is 2.41 bits per heavy atom. The Labute approximate surface area is 159 Å². The van der Waals surface area contributed by atoms with E-state index < -0.39 is 10.0 Å². The van der Waals surface area contributed by atoms with E-state index in [-0.39, 0.29) is 35.8 Å². The van der Waals surface area contributed by atoms with Crippen molar-refractivity contribution in [2.45, 2.75) is 36.6 Å². The van der Waals surface area contributed by atoms with Gasteiger partial charge in [0, 0.05) is 45.1 Å². The average molecular weight is 395 g/mol. The lowest BCUT2D eigenvalue weighted by Crippen LogP contribution is -2.50. The highest BCUT2D eigenvalue weighted by Gasteiger charge is 2.30. The van der Waals surface area contributed by atoms with Crippen LogP contribution in [0.25, 0.3) is 0 Å². The van der Waals surface area contributed by atoms with Crippen molar-refractivity contribution in [3.8, 4) is 5.75 Å². The van der Waals surface area contributed by atoms with Crippen LogP contribution < -0.4 is 10.1 Å². The molecule has 2 saturated heterocycles. The molecule has 2 fully saturated rings. The van der Waals surface area contributed by atoms with Gasteiger partial charge >= 0.3 is 0 Å². The van der Waals surface area contributed by atoms with Gasteiger partial charge in [-0.3, -0.25) is 9.59 Å². The summed E-state index contributed by atoms with van der Waals surface area (Å²) >= 11 is 0. The number of methoxy groups -OCH3 is 1. The first-order valence-electron chi connectivity index (χ1n) is 9.11. The van der Waals surface area contributed by atoms with Crippen LogP contribution in [0.5, 0.6) is 5.75 Å². The highest BCUT2D eigenvalue weighted by molar-refractivity contribution is 7.89. The summed E-state index contributed by atoms with van der Waals surface area (Å²) in [6, 6.07) is 6.38. The Morgan fingerprint density at radius 1 is 1.19 bits per heavy atom. The van der Waals surface area contributed by atoms with Gasteiger partial charge in [0.1, 0.15) is 5.75 Å². The number of hydrogen-bond donors (Lipinski definition) is 1. The number of hydrogen-bond acceptors (Lipinski definition) is 5. The molecule has 9 heteroatoms. The third kappa shape index (κ3) is 4.59. The summed E-state index contributed by atoms with van der Waals surface area (Å²) in [4.78, 5) is 25.5. The minimum absolute atomic E-state index is 0.0117. The van der Waals surface area contributed by atoms with E-state index in [0.29, 0.717) is 38.1 Å². The molecule has 2 amide bonds. The summed E-state index contributed by atoms with van der Waals surface area (Å²) in [5.41, 5.74) is 0. The number of rotatable bonds is 6. The van der Waals surface area contributed by atoms with Crippen LogP contribution in [-0.2, 0) is 19.6 Å². The van der Waals surface area contributed by atoms with Crippen molar-refractivity contribution >= 4 is 21.8 Å². The number of nitrogens with one attached hydrogen (secondary N) is 1. The monoisotopic (exact) mass is 395 g/mol. The van der Waals surface area contributed by atoms with Crippen LogP contribution in [0.1, 0.15) is 25.7 Å². The van der Waals surface area contributed by atoms with E-state index in [4.69, 9.17) is 4.74 Å². The Balaban J connectivity index is 1.51. The summed E-state index contributed by atoms with van der Waals surface area (Å²) in [6.07, 6.45) is 2.31. The zero-order valence-electron chi connectivity index (χ0n) is 15.4. The Bertz CT molecular complexity index is 786.